The first-order valence-corrected chi connectivity index (χ1v) is 6.48. The maximum absolute atomic E-state index is 13.0. The zero-order valence-corrected chi connectivity index (χ0v) is 11.4. The van der Waals surface area contributed by atoms with Crippen LogP contribution in [0.15, 0.2) is 18.2 Å². The van der Waals surface area contributed by atoms with Crippen LogP contribution in [0.25, 0.3) is 0 Å². The minimum Gasteiger partial charge on any atom is -0.373 e. The Labute approximate surface area is 116 Å². The van der Waals surface area contributed by atoms with E-state index in [1.807, 2.05) is 6.92 Å². The van der Waals surface area contributed by atoms with Gasteiger partial charge in [0, 0.05) is 19.1 Å². The van der Waals surface area contributed by atoms with Gasteiger partial charge >= 0.3 is 0 Å². The fraction of sp³-hybridized carbons (Fsp3) is 0.462. The summed E-state index contributed by atoms with van der Waals surface area (Å²) >= 11 is 5.90. The Morgan fingerprint density at radius 3 is 3.00 bits per heavy atom. The molecule has 0 aromatic heterocycles. The SMILES string of the molecule is CC(N)C1CN(C(=O)c2ccc(F)cc2Cl)CCO1. The Bertz CT molecular complexity index is 482. The Morgan fingerprint density at radius 2 is 2.37 bits per heavy atom. The van der Waals surface area contributed by atoms with E-state index in [4.69, 9.17) is 22.1 Å². The molecular weight excluding hydrogens is 271 g/mol. The van der Waals surface area contributed by atoms with Crippen molar-refractivity contribution in [3.05, 3.63) is 34.6 Å². The molecule has 1 heterocycles. The van der Waals surface area contributed by atoms with E-state index in [1.54, 1.807) is 4.90 Å². The first kappa shape index (κ1) is 14.2. The summed E-state index contributed by atoms with van der Waals surface area (Å²) in [5, 5.41) is 0.119. The third-order valence-corrected chi connectivity index (χ3v) is 3.44. The van der Waals surface area contributed by atoms with E-state index in [9.17, 15) is 9.18 Å². The minimum atomic E-state index is -0.461. The van der Waals surface area contributed by atoms with Gasteiger partial charge in [-0.15, -0.1) is 0 Å². The number of hydrogen-bond acceptors (Lipinski definition) is 3. The van der Waals surface area contributed by atoms with Gasteiger partial charge in [-0.3, -0.25) is 4.79 Å². The number of rotatable bonds is 2. The maximum Gasteiger partial charge on any atom is 0.255 e. The smallest absolute Gasteiger partial charge is 0.255 e. The van der Waals surface area contributed by atoms with E-state index in [1.165, 1.54) is 12.1 Å². The maximum atomic E-state index is 13.0. The minimum absolute atomic E-state index is 0.119. The third-order valence-electron chi connectivity index (χ3n) is 3.13. The number of benzene rings is 1. The molecule has 104 valence electrons. The normalized spacial score (nSPS) is 21.3. The van der Waals surface area contributed by atoms with E-state index in [0.29, 0.717) is 25.3 Å². The number of nitrogens with two attached hydrogens (primary N) is 1. The molecule has 0 saturated carbocycles. The van der Waals surface area contributed by atoms with Crippen molar-refractivity contribution in [2.24, 2.45) is 5.73 Å². The Hall–Kier alpha value is -1.17. The summed E-state index contributed by atoms with van der Waals surface area (Å²) < 4.78 is 18.5. The van der Waals surface area contributed by atoms with Crippen LogP contribution in [-0.2, 0) is 4.74 Å². The fourth-order valence-electron chi connectivity index (χ4n) is 2.01. The molecule has 1 aliphatic heterocycles. The van der Waals surface area contributed by atoms with Gasteiger partial charge in [0.25, 0.3) is 5.91 Å². The molecule has 2 unspecified atom stereocenters. The van der Waals surface area contributed by atoms with Crippen LogP contribution in [0.1, 0.15) is 17.3 Å². The van der Waals surface area contributed by atoms with Gasteiger partial charge in [-0.2, -0.15) is 0 Å². The van der Waals surface area contributed by atoms with Gasteiger partial charge in [-0.05, 0) is 25.1 Å². The average molecular weight is 287 g/mol. The molecule has 4 nitrogen and oxygen atoms in total. The highest BCUT2D eigenvalue weighted by molar-refractivity contribution is 6.33. The molecule has 2 rings (SSSR count). The number of morpholine rings is 1. The van der Waals surface area contributed by atoms with Crippen molar-refractivity contribution >= 4 is 17.5 Å². The summed E-state index contributed by atoms with van der Waals surface area (Å²) in [6.45, 7) is 3.18. The molecule has 0 radical (unpaired) electrons. The predicted octanol–water partition coefficient (Wildman–Crippen LogP) is 1.67. The van der Waals surface area contributed by atoms with Crippen LogP contribution in [-0.4, -0.2) is 42.6 Å². The molecule has 0 bridgehead atoms. The Balaban J connectivity index is 2.15. The van der Waals surface area contributed by atoms with Gasteiger partial charge < -0.3 is 15.4 Å². The summed E-state index contributed by atoms with van der Waals surface area (Å²) in [5.74, 6) is -0.684. The van der Waals surface area contributed by atoms with Gasteiger partial charge in [-0.1, -0.05) is 11.6 Å². The molecule has 6 heteroatoms. The molecule has 2 N–H and O–H groups in total. The van der Waals surface area contributed by atoms with Crippen LogP contribution in [0.4, 0.5) is 4.39 Å². The number of carbonyl (C=O) groups is 1. The second-order valence-electron chi connectivity index (χ2n) is 4.64. The third kappa shape index (κ3) is 3.23. The van der Waals surface area contributed by atoms with Gasteiger partial charge in [0.2, 0.25) is 0 Å². The second-order valence-corrected chi connectivity index (χ2v) is 5.05. The molecule has 2 atom stereocenters. The van der Waals surface area contributed by atoms with Crippen LogP contribution in [0.5, 0.6) is 0 Å². The van der Waals surface area contributed by atoms with E-state index in [2.05, 4.69) is 0 Å². The van der Waals surface area contributed by atoms with Crippen molar-refractivity contribution in [1.82, 2.24) is 4.90 Å². The molecule has 0 aliphatic carbocycles. The highest BCUT2D eigenvalue weighted by Gasteiger charge is 2.28. The van der Waals surface area contributed by atoms with Gasteiger partial charge in [0.15, 0.2) is 0 Å². The van der Waals surface area contributed by atoms with E-state index >= 15 is 0 Å². The molecule has 1 amide bonds. The summed E-state index contributed by atoms with van der Waals surface area (Å²) in [7, 11) is 0. The molecule has 19 heavy (non-hydrogen) atoms. The van der Waals surface area contributed by atoms with Crippen molar-refractivity contribution in [2.45, 2.75) is 19.1 Å². The second kappa shape index (κ2) is 5.86. The standard InChI is InChI=1S/C13H16ClFN2O2/c1-8(16)12-7-17(4-5-19-12)13(18)10-3-2-9(15)6-11(10)14/h2-3,6,8,12H,4-5,7,16H2,1H3. The van der Waals surface area contributed by atoms with Crippen LogP contribution in [0.3, 0.4) is 0 Å². The first-order chi connectivity index (χ1) is 8.99. The summed E-state index contributed by atoms with van der Waals surface area (Å²) in [4.78, 5) is 14.0. The number of amides is 1. The zero-order valence-electron chi connectivity index (χ0n) is 10.6. The van der Waals surface area contributed by atoms with Crippen molar-refractivity contribution in [2.75, 3.05) is 19.7 Å². The highest BCUT2D eigenvalue weighted by atomic mass is 35.5. The van der Waals surface area contributed by atoms with Crippen molar-refractivity contribution in [3.8, 4) is 0 Å². The zero-order chi connectivity index (χ0) is 14.0. The molecule has 1 aromatic rings. The quantitative estimate of drug-likeness (QED) is 0.900. The molecule has 1 fully saturated rings. The molecule has 1 aliphatic rings. The lowest BCUT2D eigenvalue weighted by atomic mass is 10.1. The molecule has 1 aromatic carbocycles. The van der Waals surface area contributed by atoms with E-state index < -0.39 is 5.82 Å². The van der Waals surface area contributed by atoms with Crippen LogP contribution < -0.4 is 5.73 Å². The molecular formula is C13H16ClFN2O2. The molecule has 0 spiro atoms. The predicted molar refractivity (Wildman–Crippen MR) is 70.7 cm³/mol. The number of hydrogen-bond donors (Lipinski definition) is 1. The highest BCUT2D eigenvalue weighted by Crippen LogP contribution is 2.20. The summed E-state index contributed by atoms with van der Waals surface area (Å²) in [5.41, 5.74) is 6.08. The fourth-order valence-corrected chi connectivity index (χ4v) is 2.26. The number of halogens is 2. The number of nitrogens with zero attached hydrogens (tertiary/aromatic N) is 1. The monoisotopic (exact) mass is 286 g/mol. The Morgan fingerprint density at radius 1 is 1.63 bits per heavy atom. The Kier molecular flexibility index (Phi) is 4.39. The summed E-state index contributed by atoms with van der Waals surface area (Å²) in [6, 6.07) is 3.61. The largest absolute Gasteiger partial charge is 0.373 e. The van der Waals surface area contributed by atoms with Crippen LogP contribution in [0, 0.1) is 5.82 Å². The van der Waals surface area contributed by atoms with E-state index in [0.717, 1.165) is 6.07 Å². The first-order valence-electron chi connectivity index (χ1n) is 6.10. The topological polar surface area (TPSA) is 55.6 Å². The van der Waals surface area contributed by atoms with Crippen molar-refractivity contribution in [1.29, 1.82) is 0 Å². The van der Waals surface area contributed by atoms with Crippen LogP contribution >= 0.6 is 11.6 Å². The number of carbonyl (C=O) groups excluding carboxylic acids is 1. The number of ether oxygens (including phenoxy) is 1. The van der Waals surface area contributed by atoms with Crippen molar-refractivity contribution in [3.63, 3.8) is 0 Å². The van der Waals surface area contributed by atoms with Gasteiger partial charge in [0.1, 0.15) is 5.82 Å². The lowest BCUT2D eigenvalue weighted by Crippen LogP contribution is -2.51. The van der Waals surface area contributed by atoms with Crippen molar-refractivity contribution < 1.29 is 13.9 Å². The van der Waals surface area contributed by atoms with Crippen LogP contribution in [0.2, 0.25) is 5.02 Å². The average Bonchev–Trinajstić information content (AvgIpc) is 2.38. The summed E-state index contributed by atoms with van der Waals surface area (Å²) in [6.07, 6.45) is -0.183. The van der Waals surface area contributed by atoms with Gasteiger partial charge in [0.05, 0.1) is 23.3 Å². The van der Waals surface area contributed by atoms with Gasteiger partial charge in [-0.25, -0.2) is 4.39 Å². The lowest BCUT2D eigenvalue weighted by molar-refractivity contribution is -0.0300. The van der Waals surface area contributed by atoms with E-state index in [-0.39, 0.29) is 23.1 Å². The lowest BCUT2D eigenvalue weighted by Gasteiger charge is -2.34. The molecule has 1 saturated heterocycles.